The van der Waals surface area contributed by atoms with E-state index >= 15 is 0 Å². The van der Waals surface area contributed by atoms with Crippen LogP contribution in [0.1, 0.15) is 13.8 Å². The van der Waals surface area contributed by atoms with Crippen molar-refractivity contribution in [2.24, 2.45) is 0 Å². The second kappa shape index (κ2) is 7.95. The molecule has 2 nitrogen and oxygen atoms in total. The van der Waals surface area contributed by atoms with Crippen molar-refractivity contribution in [2.75, 3.05) is 7.11 Å². The summed E-state index contributed by atoms with van der Waals surface area (Å²) >= 11 is 0. The summed E-state index contributed by atoms with van der Waals surface area (Å²) in [6, 6.07) is 0. The molecule has 0 aromatic heterocycles. The number of hydrogen-bond donors (Lipinski definition) is 0. The minimum atomic E-state index is -0.394. The number of esters is 1. The van der Waals surface area contributed by atoms with Crippen LogP contribution in [0.25, 0.3) is 0 Å². The van der Waals surface area contributed by atoms with Gasteiger partial charge in [-0.25, -0.2) is 4.79 Å². The Morgan fingerprint density at radius 3 is 1.80 bits per heavy atom. The number of allylic oxidation sites excluding steroid dienone is 1. The van der Waals surface area contributed by atoms with E-state index in [4.69, 9.17) is 0 Å². The monoisotopic (exact) mass is 142 g/mol. The minimum Gasteiger partial charge on any atom is -0.466 e. The zero-order valence-electron chi connectivity index (χ0n) is 6.81. The molecule has 0 unspecified atom stereocenters. The number of rotatable bonds is 1. The predicted molar refractivity (Wildman–Crippen MR) is 42.7 cm³/mol. The molecule has 0 rings (SSSR count). The summed E-state index contributed by atoms with van der Waals surface area (Å²) < 4.78 is 4.14. The molecule has 0 aromatic rings. The highest BCUT2D eigenvalue weighted by Crippen LogP contribution is 1.73. The van der Waals surface area contributed by atoms with Gasteiger partial charge in [-0.1, -0.05) is 12.2 Å². The smallest absolute Gasteiger partial charge is 0.329 e. The van der Waals surface area contributed by atoms with Crippen LogP contribution in [0.3, 0.4) is 0 Å². The molecule has 0 fully saturated rings. The molecule has 0 N–H and O–H groups in total. The van der Waals surface area contributed by atoms with Gasteiger partial charge in [-0.15, -0.1) is 6.58 Å². The first kappa shape index (κ1) is 11.7. The number of ether oxygens (including phenoxy) is 1. The van der Waals surface area contributed by atoms with Gasteiger partial charge in [0.2, 0.25) is 0 Å². The van der Waals surface area contributed by atoms with E-state index in [-0.39, 0.29) is 0 Å². The van der Waals surface area contributed by atoms with Crippen molar-refractivity contribution in [3.05, 3.63) is 24.8 Å². The minimum absolute atomic E-state index is 0.394. The fourth-order valence-corrected chi connectivity index (χ4v) is 0.0833. The lowest BCUT2D eigenvalue weighted by molar-refractivity contribution is -0.134. The standard InChI is InChI=1S/C4H6O2.C4H8/c1-3-4(5)6-2;1-4(2)3/h3H,1H2,2H3;1H2,2-3H3. The van der Waals surface area contributed by atoms with Crippen LogP contribution >= 0.6 is 0 Å². The third-order valence-corrected chi connectivity index (χ3v) is 0.368. The molecule has 10 heavy (non-hydrogen) atoms. The first-order valence-electron chi connectivity index (χ1n) is 2.87. The topological polar surface area (TPSA) is 26.3 Å². The maximum atomic E-state index is 9.84. The van der Waals surface area contributed by atoms with Gasteiger partial charge in [0, 0.05) is 6.08 Å². The van der Waals surface area contributed by atoms with Gasteiger partial charge >= 0.3 is 5.97 Å². The van der Waals surface area contributed by atoms with Gasteiger partial charge in [0.15, 0.2) is 0 Å². The first-order chi connectivity index (χ1) is 4.54. The fourth-order valence-electron chi connectivity index (χ4n) is 0.0833. The van der Waals surface area contributed by atoms with E-state index in [1.165, 1.54) is 12.7 Å². The Hall–Kier alpha value is -1.05. The highest BCUT2D eigenvalue weighted by Gasteiger charge is 1.81. The van der Waals surface area contributed by atoms with Crippen LogP contribution in [-0.4, -0.2) is 13.1 Å². The molecule has 0 heterocycles. The Kier molecular flexibility index (Phi) is 9.31. The molecule has 0 saturated heterocycles. The van der Waals surface area contributed by atoms with Gasteiger partial charge in [-0.2, -0.15) is 0 Å². The Balaban J connectivity index is 0. The summed E-state index contributed by atoms with van der Waals surface area (Å²) in [7, 11) is 1.31. The Morgan fingerprint density at radius 1 is 1.50 bits per heavy atom. The van der Waals surface area contributed by atoms with Crippen molar-refractivity contribution in [3.63, 3.8) is 0 Å². The lowest BCUT2D eigenvalue weighted by Crippen LogP contribution is -1.91. The summed E-state index contributed by atoms with van der Waals surface area (Å²) in [5.41, 5.74) is 1.17. The van der Waals surface area contributed by atoms with Crippen molar-refractivity contribution in [3.8, 4) is 0 Å². The van der Waals surface area contributed by atoms with Crippen molar-refractivity contribution >= 4 is 5.97 Å². The largest absolute Gasteiger partial charge is 0.466 e. The van der Waals surface area contributed by atoms with Crippen LogP contribution in [0, 0.1) is 0 Å². The van der Waals surface area contributed by atoms with Crippen molar-refractivity contribution in [1.29, 1.82) is 0 Å². The van der Waals surface area contributed by atoms with Crippen LogP contribution in [0.4, 0.5) is 0 Å². The van der Waals surface area contributed by atoms with Gasteiger partial charge < -0.3 is 4.74 Å². The van der Waals surface area contributed by atoms with E-state index in [0.717, 1.165) is 6.08 Å². The van der Waals surface area contributed by atoms with E-state index in [0.29, 0.717) is 0 Å². The maximum Gasteiger partial charge on any atom is 0.329 e. The highest BCUT2D eigenvalue weighted by atomic mass is 16.5. The first-order valence-corrected chi connectivity index (χ1v) is 2.87. The normalized spacial score (nSPS) is 6.70. The Labute approximate surface area is 62.2 Å². The fraction of sp³-hybridized carbons (Fsp3) is 0.375. The zero-order valence-corrected chi connectivity index (χ0v) is 6.81. The van der Waals surface area contributed by atoms with Crippen LogP contribution < -0.4 is 0 Å². The quantitative estimate of drug-likeness (QED) is 0.317. The van der Waals surface area contributed by atoms with Crippen molar-refractivity contribution in [1.82, 2.24) is 0 Å². The summed E-state index contributed by atoms with van der Waals surface area (Å²) in [4.78, 5) is 9.84. The van der Waals surface area contributed by atoms with E-state index in [2.05, 4.69) is 17.9 Å². The Bertz CT molecular complexity index is 121. The summed E-state index contributed by atoms with van der Waals surface area (Å²) in [5, 5.41) is 0. The van der Waals surface area contributed by atoms with Crippen molar-refractivity contribution in [2.45, 2.75) is 13.8 Å². The summed E-state index contributed by atoms with van der Waals surface area (Å²) in [5.74, 6) is -0.394. The predicted octanol–water partition coefficient (Wildman–Crippen LogP) is 1.93. The number of carbonyl (C=O) groups is 1. The molecule has 0 amide bonds. The van der Waals surface area contributed by atoms with Crippen molar-refractivity contribution < 1.29 is 9.53 Å². The highest BCUT2D eigenvalue weighted by molar-refractivity contribution is 5.80. The van der Waals surface area contributed by atoms with Gasteiger partial charge in [-0.05, 0) is 13.8 Å². The molecule has 0 saturated carbocycles. The van der Waals surface area contributed by atoms with Gasteiger partial charge in [0.1, 0.15) is 0 Å². The lowest BCUT2D eigenvalue weighted by Gasteiger charge is -1.83. The lowest BCUT2D eigenvalue weighted by atomic mass is 10.4. The number of carbonyl (C=O) groups excluding carboxylic acids is 1. The average Bonchev–Trinajstić information content (AvgIpc) is 1.85. The SMILES string of the molecule is C=C(C)C.C=CC(=O)OC. The zero-order chi connectivity index (χ0) is 8.57. The molecular weight excluding hydrogens is 128 g/mol. The summed E-state index contributed by atoms with van der Waals surface area (Å²) in [6.45, 7) is 10.7. The van der Waals surface area contributed by atoms with E-state index < -0.39 is 5.97 Å². The second-order valence-electron chi connectivity index (χ2n) is 1.93. The van der Waals surface area contributed by atoms with Crippen LogP contribution in [0.5, 0.6) is 0 Å². The van der Waals surface area contributed by atoms with Gasteiger partial charge in [0.25, 0.3) is 0 Å². The molecule has 0 aliphatic rings. The molecule has 0 aliphatic heterocycles. The molecule has 0 aromatic carbocycles. The van der Waals surface area contributed by atoms with Gasteiger partial charge in [0.05, 0.1) is 7.11 Å². The van der Waals surface area contributed by atoms with Gasteiger partial charge in [-0.3, -0.25) is 0 Å². The number of hydrogen-bond acceptors (Lipinski definition) is 2. The molecular formula is C8H14O2. The average molecular weight is 142 g/mol. The van der Waals surface area contributed by atoms with E-state index in [1.807, 2.05) is 13.8 Å². The molecule has 0 spiro atoms. The van der Waals surface area contributed by atoms with E-state index in [9.17, 15) is 4.79 Å². The Morgan fingerprint density at radius 2 is 1.80 bits per heavy atom. The molecule has 0 bridgehead atoms. The third kappa shape index (κ3) is 28.3. The van der Waals surface area contributed by atoms with Crippen LogP contribution in [0.2, 0.25) is 0 Å². The molecule has 0 radical (unpaired) electrons. The summed E-state index contributed by atoms with van der Waals surface area (Å²) in [6.07, 6.45) is 1.11. The molecule has 2 heteroatoms. The molecule has 0 atom stereocenters. The van der Waals surface area contributed by atoms with Crippen LogP contribution in [-0.2, 0) is 9.53 Å². The molecule has 58 valence electrons. The number of methoxy groups -OCH3 is 1. The molecule has 0 aliphatic carbocycles. The second-order valence-corrected chi connectivity index (χ2v) is 1.93. The maximum absolute atomic E-state index is 9.84. The van der Waals surface area contributed by atoms with E-state index in [1.54, 1.807) is 0 Å². The third-order valence-electron chi connectivity index (χ3n) is 0.368. The van der Waals surface area contributed by atoms with Crippen LogP contribution in [0.15, 0.2) is 24.8 Å².